The average molecular weight is 786 g/mol. The Hall–Kier alpha value is -4.98. The molecule has 11 nitrogen and oxygen atoms in total. The standard InChI is InChI=1S/C43H50F3N7O4/c1-6-30-33(45)13-11-26-9-7-10-31(35(26)30)37-36(46)38-32(22-47-37)39(49-40(48-38)56-25-43-17-8-18-52(43)23-27(44)21-43)50(5)29-15-19-51(24-29)34(54)14-12-28-16-20-53(28)41(55)57-42(2,3)4/h7,9-14,22,27-29H,6,8,15-21,23-25H2,1-5H3/b14-12+/t27-,28+,29-,43+/m1/s1. The minimum atomic E-state index is -0.946. The molecule has 0 spiro atoms. The summed E-state index contributed by atoms with van der Waals surface area (Å²) in [5.41, 5.74) is -0.126. The summed E-state index contributed by atoms with van der Waals surface area (Å²) in [6.07, 6.45) is 7.34. The number of aromatic nitrogens is 3. The molecule has 0 radical (unpaired) electrons. The molecule has 0 saturated carbocycles. The highest BCUT2D eigenvalue weighted by Gasteiger charge is 2.49. The lowest BCUT2D eigenvalue weighted by atomic mass is 9.95. The van der Waals surface area contributed by atoms with E-state index in [1.165, 1.54) is 12.1 Å². The van der Waals surface area contributed by atoms with E-state index in [-0.39, 0.29) is 47.6 Å². The summed E-state index contributed by atoms with van der Waals surface area (Å²) in [5, 5.41) is 1.72. The topological polar surface area (TPSA) is 104 Å². The van der Waals surface area contributed by atoms with Crippen molar-refractivity contribution in [1.29, 1.82) is 0 Å². The highest BCUT2D eigenvalue weighted by Crippen LogP contribution is 2.41. The van der Waals surface area contributed by atoms with Crippen molar-refractivity contribution in [2.45, 2.75) is 95.6 Å². The number of fused-ring (bicyclic) bond motifs is 3. The van der Waals surface area contributed by atoms with Gasteiger partial charge in [0.15, 0.2) is 5.82 Å². The van der Waals surface area contributed by atoms with Crippen LogP contribution < -0.4 is 9.64 Å². The first-order valence-corrected chi connectivity index (χ1v) is 20.0. The number of ether oxygens (including phenoxy) is 2. The molecule has 302 valence electrons. The third-order valence-corrected chi connectivity index (χ3v) is 12.1. The van der Waals surface area contributed by atoms with E-state index in [0.717, 1.165) is 31.2 Å². The number of carbonyl (C=O) groups excluding carboxylic acids is 2. The highest BCUT2D eigenvalue weighted by molar-refractivity contribution is 6.01. The molecule has 0 aliphatic carbocycles. The monoisotopic (exact) mass is 785 g/mol. The van der Waals surface area contributed by atoms with Gasteiger partial charge in [0, 0.05) is 63.5 Å². The summed E-state index contributed by atoms with van der Waals surface area (Å²) in [7, 11) is 1.85. The van der Waals surface area contributed by atoms with Gasteiger partial charge in [0.05, 0.1) is 17.0 Å². The number of amides is 2. The molecule has 4 fully saturated rings. The normalized spacial score (nSPS) is 23.8. The zero-order valence-corrected chi connectivity index (χ0v) is 33.2. The Morgan fingerprint density at radius 2 is 1.89 bits per heavy atom. The molecular formula is C43H50F3N7O4. The molecule has 4 saturated heterocycles. The van der Waals surface area contributed by atoms with Gasteiger partial charge in [-0.2, -0.15) is 9.97 Å². The van der Waals surface area contributed by atoms with Gasteiger partial charge in [-0.15, -0.1) is 0 Å². The number of aryl methyl sites for hydroxylation is 1. The summed E-state index contributed by atoms with van der Waals surface area (Å²) in [5.74, 6) is -0.840. The molecule has 2 amide bonds. The molecule has 0 unspecified atom stereocenters. The summed E-state index contributed by atoms with van der Waals surface area (Å²) >= 11 is 0. The second-order valence-electron chi connectivity index (χ2n) is 16.9. The van der Waals surface area contributed by atoms with Gasteiger partial charge < -0.3 is 24.2 Å². The molecule has 6 heterocycles. The van der Waals surface area contributed by atoms with Crippen LogP contribution in [0.15, 0.2) is 48.7 Å². The van der Waals surface area contributed by atoms with E-state index in [1.807, 2.05) is 45.7 Å². The van der Waals surface area contributed by atoms with Crippen molar-refractivity contribution in [1.82, 2.24) is 29.7 Å². The molecule has 2 aromatic carbocycles. The number of hydrogen-bond donors (Lipinski definition) is 0. The summed E-state index contributed by atoms with van der Waals surface area (Å²) < 4.78 is 58.6. The van der Waals surface area contributed by atoms with Crippen LogP contribution in [0.3, 0.4) is 0 Å². The lowest BCUT2D eigenvalue weighted by molar-refractivity contribution is -0.125. The first kappa shape index (κ1) is 38.9. The molecular weight excluding hydrogens is 736 g/mol. The smallest absolute Gasteiger partial charge is 0.410 e. The van der Waals surface area contributed by atoms with Crippen molar-refractivity contribution in [3.63, 3.8) is 0 Å². The minimum absolute atomic E-state index is 0.00206. The van der Waals surface area contributed by atoms with Gasteiger partial charge in [0.25, 0.3) is 0 Å². The molecule has 0 N–H and O–H groups in total. The van der Waals surface area contributed by atoms with Crippen molar-refractivity contribution in [3.8, 4) is 17.3 Å². The zero-order chi connectivity index (χ0) is 40.2. The number of hydrogen-bond acceptors (Lipinski definition) is 9. The van der Waals surface area contributed by atoms with Crippen LogP contribution in [0.25, 0.3) is 32.9 Å². The van der Waals surface area contributed by atoms with Crippen LogP contribution in [0.1, 0.15) is 65.4 Å². The number of anilines is 1. The lowest BCUT2D eigenvalue weighted by Gasteiger charge is -2.39. The minimum Gasteiger partial charge on any atom is -0.461 e. The average Bonchev–Trinajstić information content (AvgIpc) is 3.87. The molecule has 0 bridgehead atoms. The van der Waals surface area contributed by atoms with E-state index in [9.17, 15) is 14.0 Å². The van der Waals surface area contributed by atoms with Crippen molar-refractivity contribution >= 4 is 39.5 Å². The van der Waals surface area contributed by atoms with E-state index in [4.69, 9.17) is 14.5 Å². The Morgan fingerprint density at radius 1 is 1.07 bits per heavy atom. The molecule has 4 atom stereocenters. The fraction of sp³-hybridized carbons (Fsp3) is 0.512. The second kappa shape index (κ2) is 15.1. The SMILES string of the molecule is CCc1c(F)ccc2cccc(-c3ncc4c(N(C)[C@@H]5CCN(C(=O)/C=C/[C@H]6CCN6C(=O)OC(C)(C)C)C5)nc(OC[C@@]56CCCN5C[C@H](F)C6)nc4c3F)c12. The van der Waals surface area contributed by atoms with Crippen LogP contribution in [0, 0.1) is 11.6 Å². The molecule has 14 heteroatoms. The van der Waals surface area contributed by atoms with Gasteiger partial charge in [-0.1, -0.05) is 37.3 Å². The lowest BCUT2D eigenvalue weighted by Crippen LogP contribution is -2.51. The van der Waals surface area contributed by atoms with Crippen molar-refractivity contribution in [2.75, 3.05) is 51.3 Å². The van der Waals surface area contributed by atoms with Crippen LogP contribution >= 0.6 is 0 Å². The number of pyridine rings is 1. The van der Waals surface area contributed by atoms with E-state index >= 15 is 8.78 Å². The summed E-state index contributed by atoms with van der Waals surface area (Å²) in [6.45, 7) is 10.1. The fourth-order valence-corrected chi connectivity index (χ4v) is 9.05. The highest BCUT2D eigenvalue weighted by atomic mass is 19.1. The third-order valence-electron chi connectivity index (χ3n) is 12.1. The maximum atomic E-state index is 17.1. The first-order chi connectivity index (χ1) is 27.2. The maximum Gasteiger partial charge on any atom is 0.410 e. The Bertz CT molecular complexity index is 2250. The van der Waals surface area contributed by atoms with Crippen molar-refractivity contribution in [3.05, 3.63) is 65.9 Å². The van der Waals surface area contributed by atoms with Gasteiger partial charge >= 0.3 is 12.1 Å². The summed E-state index contributed by atoms with van der Waals surface area (Å²) in [6, 6.07) is 8.09. The van der Waals surface area contributed by atoms with Crippen LogP contribution in [0.4, 0.5) is 23.8 Å². The first-order valence-electron chi connectivity index (χ1n) is 20.0. The number of rotatable bonds is 9. The van der Waals surface area contributed by atoms with Crippen LogP contribution in [0.5, 0.6) is 6.01 Å². The Morgan fingerprint density at radius 3 is 2.65 bits per heavy atom. The molecule has 4 aliphatic rings. The number of nitrogens with zero attached hydrogens (tertiary/aromatic N) is 7. The number of likely N-dealkylation sites (tertiary alicyclic amines) is 2. The Labute approximate surface area is 330 Å². The van der Waals surface area contributed by atoms with Crippen LogP contribution in [0.2, 0.25) is 0 Å². The summed E-state index contributed by atoms with van der Waals surface area (Å²) in [4.78, 5) is 47.5. The predicted octanol–water partition coefficient (Wildman–Crippen LogP) is 7.24. The quantitative estimate of drug-likeness (QED) is 0.163. The van der Waals surface area contributed by atoms with Crippen LogP contribution in [-0.4, -0.2) is 117 Å². The number of halogens is 3. The van der Waals surface area contributed by atoms with Crippen LogP contribution in [-0.2, 0) is 16.0 Å². The fourth-order valence-electron chi connectivity index (χ4n) is 9.05. The predicted molar refractivity (Wildman–Crippen MR) is 212 cm³/mol. The number of benzene rings is 2. The molecule has 4 aromatic rings. The van der Waals surface area contributed by atoms with E-state index in [2.05, 4.69) is 14.9 Å². The molecule has 8 rings (SSSR count). The van der Waals surface area contributed by atoms with Gasteiger partial charge in [-0.05, 0) is 81.8 Å². The third kappa shape index (κ3) is 7.37. The molecule has 2 aromatic heterocycles. The molecule has 57 heavy (non-hydrogen) atoms. The molecule has 4 aliphatic heterocycles. The maximum absolute atomic E-state index is 17.1. The largest absolute Gasteiger partial charge is 0.461 e. The number of likely N-dealkylation sites (N-methyl/N-ethyl adjacent to an activating group) is 1. The Balaban J connectivity index is 1.09. The van der Waals surface area contributed by atoms with E-state index in [1.54, 1.807) is 40.3 Å². The number of carbonyl (C=O) groups is 2. The van der Waals surface area contributed by atoms with E-state index in [0.29, 0.717) is 73.2 Å². The van der Waals surface area contributed by atoms with Gasteiger partial charge in [0.1, 0.15) is 41.2 Å². The zero-order valence-electron chi connectivity index (χ0n) is 33.2. The van der Waals surface area contributed by atoms with Gasteiger partial charge in [-0.3, -0.25) is 14.7 Å². The second-order valence-corrected chi connectivity index (χ2v) is 16.9. The number of alkyl halides is 1. The van der Waals surface area contributed by atoms with E-state index < -0.39 is 29.2 Å². The Kier molecular flexibility index (Phi) is 10.3. The van der Waals surface area contributed by atoms with Crippen molar-refractivity contribution < 1.29 is 32.2 Å². The van der Waals surface area contributed by atoms with Crippen molar-refractivity contribution in [2.24, 2.45) is 0 Å². The van der Waals surface area contributed by atoms with Gasteiger partial charge in [-0.25, -0.2) is 18.0 Å². The van der Waals surface area contributed by atoms with Gasteiger partial charge in [0.2, 0.25) is 5.91 Å².